The average molecular weight is 348 g/mol. The molecule has 0 aromatic heterocycles. The first-order chi connectivity index (χ1) is 12.2. The van der Waals surface area contributed by atoms with Gasteiger partial charge in [-0.15, -0.1) is 0 Å². The molecule has 25 heavy (non-hydrogen) atoms. The minimum Gasteiger partial charge on any atom is -0.273 e. The molecule has 0 amide bonds. The van der Waals surface area contributed by atoms with E-state index >= 15 is 0 Å². The highest BCUT2D eigenvalue weighted by Crippen LogP contribution is 2.33. The summed E-state index contributed by atoms with van der Waals surface area (Å²) in [5, 5.41) is 8.92. The Labute approximate surface area is 152 Å². The second-order valence-electron chi connectivity index (χ2n) is 6.19. The zero-order valence-electron chi connectivity index (χ0n) is 14.8. The molecule has 0 aliphatic carbocycles. The van der Waals surface area contributed by atoms with E-state index in [2.05, 4.69) is 115 Å². The summed E-state index contributed by atoms with van der Waals surface area (Å²) in [5.41, 5.74) is 2.61. The first-order valence-electron chi connectivity index (χ1n) is 8.71. The number of rotatable bonds is 7. The van der Waals surface area contributed by atoms with Gasteiger partial charge in [0.1, 0.15) is 0 Å². The zero-order chi connectivity index (χ0) is 17.5. The van der Waals surface area contributed by atoms with Gasteiger partial charge in [0.25, 0.3) is 0 Å². The Hall–Kier alpha value is -1.99. The van der Waals surface area contributed by atoms with Crippen LogP contribution < -0.4 is 15.5 Å². The second-order valence-corrected chi connectivity index (χ2v) is 7.90. The van der Waals surface area contributed by atoms with Gasteiger partial charge in [0.05, 0.1) is 8.22 Å². The molecule has 0 radical (unpaired) electrons. The molecule has 0 saturated carbocycles. The van der Waals surface area contributed by atoms with Crippen molar-refractivity contribution in [1.29, 1.82) is 0 Å². The summed E-state index contributed by atoms with van der Waals surface area (Å²) in [6, 6.07) is 32.4. The van der Waals surface area contributed by atoms with Gasteiger partial charge < -0.3 is 0 Å². The van der Waals surface area contributed by atoms with Crippen LogP contribution in [0.15, 0.2) is 91.0 Å². The fraction of sp³-hybridized carbons (Fsp3) is 0.182. The first-order valence-corrected chi connectivity index (χ1v) is 10.1. The summed E-state index contributed by atoms with van der Waals surface area (Å²) in [6.45, 7) is 4.45. The minimum atomic E-state index is -0.682. The summed E-state index contributed by atoms with van der Waals surface area (Å²) < 4.78 is 0. The molecule has 0 unspecified atom stereocenters. The van der Waals surface area contributed by atoms with Gasteiger partial charge in [-0.3, -0.25) is 10.2 Å². The molecule has 3 aromatic rings. The number of benzene rings is 3. The molecule has 2 N–H and O–H groups in total. The average Bonchev–Trinajstić information content (AvgIpc) is 2.69. The molecule has 0 heterocycles. The van der Waals surface area contributed by atoms with Crippen molar-refractivity contribution in [1.82, 2.24) is 10.2 Å². The van der Waals surface area contributed by atoms with Gasteiger partial charge in [-0.1, -0.05) is 91.0 Å². The Bertz CT molecular complexity index is 699. The largest absolute Gasteiger partial charge is 0.273 e. The van der Waals surface area contributed by atoms with Gasteiger partial charge in [-0.05, 0) is 25.0 Å². The lowest BCUT2D eigenvalue weighted by Crippen LogP contribution is -2.29. The molecule has 3 rings (SSSR count). The van der Waals surface area contributed by atoms with Crippen LogP contribution in [0.2, 0.25) is 0 Å². The van der Waals surface area contributed by atoms with Gasteiger partial charge in [-0.2, -0.15) is 0 Å². The summed E-state index contributed by atoms with van der Waals surface area (Å²) in [6.07, 6.45) is 0. The summed E-state index contributed by atoms with van der Waals surface area (Å²) in [7, 11) is -0.682. The molecule has 0 aliphatic heterocycles. The van der Waals surface area contributed by atoms with E-state index in [4.69, 9.17) is 0 Å². The molecule has 2 nitrogen and oxygen atoms in total. The number of nitrogens with one attached hydrogen (secondary N) is 2. The van der Waals surface area contributed by atoms with Crippen LogP contribution >= 0.6 is 8.22 Å². The highest BCUT2D eigenvalue weighted by molar-refractivity contribution is 7.61. The van der Waals surface area contributed by atoms with E-state index in [0.717, 1.165) is 0 Å². The van der Waals surface area contributed by atoms with E-state index in [1.807, 2.05) is 0 Å². The Morgan fingerprint density at radius 2 is 0.920 bits per heavy atom. The molecule has 0 fully saturated rings. The third-order valence-corrected chi connectivity index (χ3v) is 6.36. The Morgan fingerprint density at radius 3 is 1.32 bits per heavy atom. The van der Waals surface area contributed by atoms with Crippen molar-refractivity contribution in [3.05, 3.63) is 102 Å². The monoisotopic (exact) mass is 348 g/mol. The quantitative estimate of drug-likeness (QED) is 0.564. The Morgan fingerprint density at radius 1 is 0.560 bits per heavy atom. The maximum Gasteiger partial charge on any atom is 0.0678 e. The van der Waals surface area contributed by atoms with Crippen LogP contribution in [0.25, 0.3) is 0 Å². The highest BCUT2D eigenvalue weighted by Gasteiger charge is 2.18. The van der Waals surface area contributed by atoms with Gasteiger partial charge >= 0.3 is 0 Å². The lowest BCUT2D eigenvalue weighted by atomic mass is 10.1. The molecular formula is C22H25N2P. The molecule has 0 spiro atoms. The first kappa shape index (κ1) is 17.8. The van der Waals surface area contributed by atoms with Gasteiger partial charge in [0.2, 0.25) is 0 Å². The van der Waals surface area contributed by atoms with Crippen molar-refractivity contribution in [2.24, 2.45) is 0 Å². The molecule has 3 heteroatoms. The van der Waals surface area contributed by atoms with Gasteiger partial charge in [-0.25, -0.2) is 0 Å². The fourth-order valence-corrected chi connectivity index (χ4v) is 4.70. The number of hydrogen-bond donors (Lipinski definition) is 2. The lowest BCUT2D eigenvalue weighted by molar-refractivity contribution is 0.700. The molecule has 0 saturated heterocycles. The second kappa shape index (κ2) is 8.92. The van der Waals surface area contributed by atoms with E-state index in [0.29, 0.717) is 0 Å². The van der Waals surface area contributed by atoms with Gasteiger partial charge in [0, 0.05) is 17.4 Å². The topological polar surface area (TPSA) is 24.1 Å². The third-order valence-electron chi connectivity index (χ3n) is 4.26. The predicted molar refractivity (Wildman–Crippen MR) is 109 cm³/mol. The van der Waals surface area contributed by atoms with E-state index < -0.39 is 8.22 Å². The van der Waals surface area contributed by atoms with E-state index in [9.17, 15) is 0 Å². The van der Waals surface area contributed by atoms with Crippen LogP contribution in [0.1, 0.15) is 37.1 Å². The molecule has 2 atom stereocenters. The molecule has 0 bridgehead atoms. The van der Waals surface area contributed by atoms with Crippen LogP contribution in [-0.4, -0.2) is 0 Å². The zero-order valence-corrected chi connectivity index (χ0v) is 15.7. The predicted octanol–water partition coefficient (Wildman–Crippen LogP) is 5.33. The van der Waals surface area contributed by atoms with E-state index in [-0.39, 0.29) is 12.1 Å². The van der Waals surface area contributed by atoms with Crippen molar-refractivity contribution >= 4 is 13.5 Å². The normalized spacial score (nSPS) is 13.6. The van der Waals surface area contributed by atoms with Crippen LogP contribution in [0.5, 0.6) is 0 Å². The van der Waals surface area contributed by atoms with E-state index in [1.165, 1.54) is 16.4 Å². The maximum atomic E-state index is 3.80. The Balaban J connectivity index is 1.78. The van der Waals surface area contributed by atoms with Crippen LogP contribution in [0.4, 0.5) is 0 Å². The summed E-state index contributed by atoms with van der Waals surface area (Å²) >= 11 is 0. The number of hydrogen-bond acceptors (Lipinski definition) is 2. The summed E-state index contributed by atoms with van der Waals surface area (Å²) in [5.74, 6) is 0. The highest BCUT2D eigenvalue weighted by atomic mass is 31.1. The van der Waals surface area contributed by atoms with Crippen molar-refractivity contribution in [2.45, 2.75) is 25.9 Å². The van der Waals surface area contributed by atoms with Gasteiger partial charge in [0.15, 0.2) is 0 Å². The maximum absolute atomic E-state index is 3.80. The standard InChI is InChI=1S/C22H25N2P/c1-18(20-12-6-3-7-13-20)23-25(22-16-10-5-11-17-22)24-19(2)21-14-8-4-9-15-21/h3-19,23-24H,1-2H3/t18-,19-/m0/s1. The minimum absolute atomic E-state index is 0.281. The molecule has 3 aromatic carbocycles. The third kappa shape index (κ3) is 4.99. The van der Waals surface area contributed by atoms with Crippen molar-refractivity contribution < 1.29 is 0 Å². The lowest BCUT2D eigenvalue weighted by Gasteiger charge is -2.28. The smallest absolute Gasteiger partial charge is 0.0678 e. The van der Waals surface area contributed by atoms with E-state index in [1.54, 1.807) is 0 Å². The molecular weight excluding hydrogens is 323 g/mol. The van der Waals surface area contributed by atoms with Crippen LogP contribution in [-0.2, 0) is 0 Å². The SMILES string of the molecule is C[C@H](NP(N[C@@H](C)c1ccccc1)c1ccccc1)c1ccccc1. The fourth-order valence-electron chi connectivity index (χ4n) is 2.78. The van der Waals surface area contributed by atoms with Crippen LogP contribution in [0.3, 0.4) is 0 Å². The molecule has 128 valence electrons. The van der Waals surface area contributed by atoms with Crippen molar-refractivity contribution in [3.63, 3.8) is 0 Å². The molecule has 0 aliphatic rings. The van der Waals surface area contributed by atoms with Crippen molar-refractivity contribution in [3.8, 4) is 0 Å². The van der Waals surface area contributed by atoms with Crippen LogP contribution in [0, 0.1) is 0 Å². The summed E-state index contributed by atoms with van der Waals surface area (Å²) in [4.78, 5) is 0. The Kier molecular flexibility index (Phi) is 6.36. The van der Waals surface area contributed by atoms with Crippen molar-refractivity contribution in [2.75, 3.05) is 0 Å².